The normalized spacial score (nSPS) is 10.7. The molecular weight excluding hydrogens is 430 g/mol. The zero-order valence-electron chi connectivity index (χ0n) is 17.1. The van der Waals surface area contributed by atoms with Gasteiger partial charge in [0, 0.05) is 29.3 Å². The maximum atomic E-state index is 12.6. The minimum atomic E-state index is -0.571. The molecule has 8 nitrogen and oxygen atoms in total. The summed E-state index contributed by atoms with van der Waals surface area (Å²) in [5.74, 6) is -0.0698. The highest BCUT2D eigenvalue weighted by Crippen LogP contribution is 2.29. The molecule has 0 spiro atoms. The van der Waals surface area contributed by atoms with Crippen molar-refractivity contribution >= 4 is 45.8 Å². The standard InChI is InChI=1S/C23H20ClN5O3/c1-32-21-6-5-15(24)12-18(21)28-23(31)27-17-3-2-4-20-16(17)8-10-29(20)13-14-7-9-26-19(11-14)22(25)30/h2-12H,13H2,1H3,(H2,25,30)(H2,27,28,31). The van der Waals surface area contributed by atoms with Crippen LogP contribution < -0.4 is 21.1 Å². The molecule has 0 bridgehead atoms. The van der Waals surface area contributed by atoms with Crippen LogP contribution in [0.2, 0.25) is 5.02 Å². The molecule has 0 saturated carbocycles. The molecular formula is C23H20ClN5O3. The number of hydrogen-bond donors (Lipinski definition) is 3. The molecule has 0 atom stereocenters. The van der Waals surface area contributed by atoms with Gasteiger partial charge in [0.25, 0.3) is 5.91 Å². The number of fused-ring (bicyclic) bond motifs is 1. The van der Waals surface area contributed by atoms with Crippen LogP contribution in [0.5, 0.6) is 5.75 Å². The molecule has 0 aliphatic heterocycles. The first-order chi connectivity index (χ1) is 15.4. The van der Waals surface area contributed by atoms with Crippen LogP contribution in [0.4, 0.5) is 16.2 Å². The molecule has 4 rings (SSSR count). The second-order valence-electron chi connectivity index (χ2n) is 7.02. The van der Waals surface area contributed by atoms with Gasteiger partial charge in [-0.1, -0.05) is 17.7 Å². The van der Waals surface area contributed by atoms with E-state index in [1.54, 1.807) is 30.5 Å². The van der Waals surface area contributed by atoms with Gasteiger partial charge in [0.05, 0.1) is 24.0 Å². The van der Waals surface area contributed by atoms with Crippen LogP contribution in [-0.4, -0.2) is 28.6 Å². The summed E-state index contributed by atoms with van der Waals surface area (Å²) in [7, 11) is 1.52. The van der Waals surface area contributed by atoms with E-state index in [1.165, 1.54) is 7.11 Å². The topological polar surface area (TPSA) is 111 Å². The van der Waals surface area contributed by atoms with E-state index < -0.39 is 11.9 Å². The molecule has 2 heterocycles. The SMILES string of the molecule is COc1ccc(Cl)cc1NC(=O)Nc1cccc2c1ccn2Cc1ccnc(C(N)=O)c1. The van der Waals surface area contributed by atoms with E-state index >= 15 is 0 Å². The van der Waals surface area contributed by atoms with Gasteiger partial charge >= 0.3 is 6.03 Å². The summed E-state index contributed by atoms with van der Waals surface area (Å²) in [6, 6.07) is 15.6. The van der Waals surface area contributed by atoms with Crippen molar-refractivity contribution in [2.24, 2.45) is 5.73 Å². The third-order valence-corrected chi connectivity index (χ3v) is 5.14. The number of halogens is 1. The van der Waals surface area contributed by atoms with Gasteiger partial charge in [-0.05, 0) is 54.1 Å². The molecule has 2 aromatic carbocycles. The number of carbonyl (C=O) groups is 2. The molecule has 162 valence electrons. The summed E-state index contributed by atoms with van der Waals surface area (Å²) in [6.45, 7) is 0.516. The lowest BCUT2D eigenvalue weighted by Crippen LogP contribution is -2.20. The molecule has 0 saturated heterocycles. The summed E-state index contributed by atoms with van der Waals surface area (Å²) >= 11 is 6.03. The lowest BCUT2D eigenvalue weighted by Gasteiger charge is -2.12. The predicted molar refractivity (Wildman–Crippen MR) is 124 cm³/mol. The molecule has 4 N–H and O–H groups in total. The first-order valence-electron chi connectivity index (χ1n) is 9.69. The van der Waals surface area contributed by atoms with Gasteiger partial charge in [-0.3, -0.25) is 9.78 Å². The van der Waals surface area contributed by atoms with E-state index in [2.05, 4.69) is 15.6 Å². The van der Waals surface area contributed by atoms with Crippen LogP contribution in [0.3, 0.4) is 0 Å². The highest BCUT2D eigenvalue weighted by atomic mass is 35.5. The fourth-order valence-electron chi connectivity index (χ4n) is 3.43. The minimum absolute atomic E-state index is 0.217. The Morgan fingerprint density at radius 3 is 2.69 bits per heavy atom. The average Bonchev–Trinajstić information content (AvgIpc) is 3.18. The van der Waals surface area contributed by atoms with Crippen molar-refractivity contribution in [1.29, 1.82) is 0 Å². The number of nitrogens with one attached hydrogen (secondary N) is 2. The maximum Gasteiger partial charge on any atom is 0.323 e. The fourth-order valence-corrected chi connectivity index (χ4v) is 3.60. The first-order valence-corrected chi connectivity index (χ1v) is 10.1. The predicted octanol–water partition coefficient (Wildman–Crippen LogP) is 4.49. The highest BCUT2D eigenvalue weighted by Gasteiger charge is 2.12. The maximum absolute atomic E-state index is 12.6. The number of anilines is 2. The fraction of sp³-hybridized carbons (Fsp3) is 0.0870. The highest BCUT2D eigenvalue weighted by molar-refractivity contribution is 6.31. The van der Waals surface area contributed by atoms with E-state index in [-0.39, 0.29) is 5.69 Å². The number of primary amides is 1. The number of rotatable bonds is 6. The molecule has 0 unspecified atom stereocenters. The Hall–Kier alpha value is -4.04. The Bertz CT molecular complexity index is 1320. The van der Waals surface area contributed by atoms with Crippen molar-refractivity contribution < 1.29 is 14.3 Å². The Kier molecular flexibility index (Phi) is 5.96. The first kappa shape index (κ1) is 21.2. The van der Waals surface area contributed by atoms with Gasteiger partial charge in [0.2, 0.25) is 0 Å². The van der Waals surface area contributed by atoms with Crippen LogP contribution in [0, 0.1) is 0 Å². The van der Waals surface area contributed by atoms with E-state index in [0.29, 0.717) is 28.7 Å². The van der Waals surface area contributed by atoms with Gasteiger partial charge in [0.1, 0.15) is 11.4 Å². The summed E-state index contributed by atoms with van der Waals surface area (Å²) in [5, 5.41) is 6.98. The molecule has 0 radical (unpaired) electrons. The van der Waals surface area contributed by atoms with Gasteiger partial charge in [-0.25, -0.2) is 4.79 Å². The van der Waals surface area contributed by atoms with Crippen LogP contribution in [-0.2, 0) is 6.54 Å². The smallest absolute Gasteiger partial charge is 0.323 e. The number of urea groups is 1. The summed E-state index contributed by atoms with van der Waals surface area (Å²) < 4.78 is 7.28. The van der Waals surface area contributed by atoms with Gasteiger partial charge in [-0.15, -0.1) is 0 Å². The number of benzene rings is 2. The molecule has 32 heavy (non-hydrogen) atoms. The number of amides is 3. The number of methoxy groups -OCH3 is 1. The van der Waals surface area contributed by atoms with Crippen LogP contribution in [0.15, 0.2) is 67.0 Å². The van der Waals surface area contributed by atoms with Crippen molar-refractivity contribution in [3.63, 3.8) is 0 Å². The number of hydrogen-bond acceptors (Lipinski definition) is 4. The number of carbonyl (C=O) groups excluding carboxylic acids is 2. The third-order valence-electron chi connectivity index (χ3n) is 4.90. The van der Waals surface area contributed by atoms with Crippen molar-refractivity contribution in [3.05, 3.63) is 83.3 Å². The van der Waals surface area contributed by atoms with Crippen LogP contribution >= 0.6 is 11.6 Å². The quantitative estimate of drug-likeness (QED) is 0.402. The summed E-state index contributed by atoms with van der Waals surface area (Å²) in [5.41, 5.74) is 8.45. The van der Waals surface area contributed by atoms with Crippen LogP contribution in [0.25, 0.3) is 10.9 Å². The van der Waals surface area contributed by atoms with Gasteiger partial charge in [-0.2, -0.15) is 0 Å². The van der Waals surface area contributed by atoms with Gasteiger partial charge in [0.15, 0.2) is 0 Å². The molecule has 9 heteroatoms. The Balaban J connectivity index is 1.56. The van der Waals surface area contributed by atoms with Crippen molar-refractivity contribution in [2.75, 3.05) is 17.7 Å². The molecule has 4 aromatic rings. The third kappa shape index (κ3) is 4.50. The second-order valence-corrected chi connectivity index (χ2v) is 7.46. The lowest BCUT2D eigenvalue weighted by molar-refractivity contribution is 0.0995. The number of ether oxygens (including phenoxy) is 1. The van der Waals surface area contributed by atoms with E-state index in [0.717, 1.165) is 16.5 Å². The largest absolute Gasteiger partial charge is 0.495 e. The van der Waals surface area contributed by atoms with Crippen molar-refractivity contribution in [3.8, 4) is 5.75 Å². The van der Waals surface area contributed by atoms with Crippen LogP contribution in [0.1, 0.15) is 16.1 Å². The number of nitrogens with zero attached hydrogens (tertiary/aromatic N) is 2. The zero-order valence-corrected chi connectivity index (χ0v) is 17.9. The number of pyridine rings is 1. The van der Waals surface area contributed by atoms with Gasteiger partial charge < -0.3 is 25.7 Å². The Morgan fingerprint density at radius 1 is 1.09 bits per heavy atom. The Labute approximate surface area is 189 Å². The Morgan fingerprint density at radius 2 is 1.91 bits per heavy atom. The van der Waals surface area contributed by atoms with E-state index in [4.69, 9.17) is 22.1 Å². The molecule has 3 amide bonds. The number of nitrogens with two attached hydrogens (primary N) is 1. The van der Waals surface area contributed by atoms with E-state index in [1.807, 2.05) is 41.1 Å². The average molecular weight is 450 g/mol. The second kappa shape index (κ2) is 8.99. The number of aromatic nitrogens is 2. The summed E-state index contributed by atoms with van der Waals surface area (Å²) in [6.07, 6.45) is 3.47. The minimum Gasteiger partial charge on any atom is -0.495 e. The van der Waals surface area contributed by atoms with Crippen molar-refractivity contribution in [1.82, 2.24) is 9.55 Å². The lowest BCUT2D eigenvalue weighted by atomic mass is 10.2. The molecule has 2 aromatic heterocycles. The van der Waals surface area contributed by atoms with E-state index in [9.17, 15) is 9.59 Å². The molecule has 0 fully saturated rings. The molecule has 0 aliphatic carbocycles. The summed E-state index contributed by atoms with van der Waals surface area (Å²) in [4.78, 5) is 28.0. The molecule has 0 aliphatic rings. The monoisotopic (exact) mass is 449 g/mol. The van der Waals surface area contributed by atoms with Crippen molar-refractivity contribution in [2.45, 2.75) is 6.54 Å². The zero-order chi connectivity index (χ0) is 22.7.